The Morgan fingerprint density at radius 2 is 1.87 bits per heavy atom. The lowest BCUT2D eigenvalue weighted by Crippen LogP contribution is -2.41. The van der Waals surface area contributed by atoms with Crippen LogP contribution in [0.1, 0.15) is 37.7 Å². The van der Waals surface area contributed by atoms with Crippen molar-refractivity contribution in [3.8, 4) is 5.75 Å². The van der Waals surface area contributed by atoms with Crippen molar-refractivity contribution in [1.29, 1.82) is 0 Å². The lowest BCUT2D eigenvalue weighted by Gasteiger charge is -2.32. The first-order valence-corrected chi connectivity index (χ1v) is 8.91. The van der Waals surface area contributed by atoms with E-state index in [1.807, 2.05) is 12.1 Å². The Morgan fingerprint density at radius 3 is 2.65 bits per heavy atom. The number of fused-ring (bicyclic) bond motifs is 2. The molecule has 4 nitrogen and oxygen atoms in total. The van der Waals surface area contributed by atoms with E-state index in [4.69, 9.17) is 18.9 Å². The van der Waals surface area contributed by atoms with Gasteiger partial charge in [0.2, 0.25) is 0 Å². The van der Waals surface area contributed by atoms with Gasteiger partial charge in [0.15, 0.2) is 6.29 Å². The van der Waals surface area contributed by atoms with Crippen molar-refractivity contribution in [2.24, 2.45) is 5.92 Å². The number of benzene rings is 1. The summed E-state index contributed by atoms with van der Waals surface area (Å²) in [7, 11) is 0. The van der Waals surface area contributed by atoms with Crippen LogP contribution in [0, 0.1) is 12.8 Å². The van der Waals surface area contributed by atoms with Gasteiger partial charge in [-0.15, -0.1) is 0 Å². The molecule has 0 N–H and O–H groups in total. The molecule has 4 rings (SSSR count). The molecule has 4 heteroatoms. The second-order valence-electron chi connectivity index (χ2n) is 6.98. The van der Waals surface area contributed by atoms with Crippen LogP contribution < -0.4 is 4.74 Å². The third-order valence-corrected chi connectivity index (χ3v) is 5.26. The molecule has 0 saturated carbocycles. The van der Waals surface area contributed by atoms with Gasteiger partial charge in [0, 0.05) is 12.5 Å². The molecule has 3 saturated heterocycles. The number of hydrogen-bond donors (Lipinski definition) is 0. The van der Waals surface area contributed by atoms with Gasteiger partial charge in [-0.2, -0.15) is 0 Å². The van der Waals surface area contributed by atoms with Gasteiger partial charge >= 0.3 is 0 Å². The first-order valence-electron chi connectivity index (χ1n) is 8.91. The van der Waals surface area contributed by atoms with Crippen LogP contribution in [-0.4, -0.2) is 37.8 Å². The maximum Gasteiger partial charge on any atom is 0.158 e. The molecular weight excluding hydrogens is 292 g/mol. The van der Waals surface area contributed by atoms with Gasteiger partial charge in [-0.05, 0) is 51.2 Å². The van der Waals surface area contributed by atoms with E-state index in [9.17, 15) is 0 Å². The van der Waals surface area contributed by atoms with Crippen molar-refractivity contribution in [1.82, 2.24) is 0 Å². The van der Waals surface area contributed by atoms with Crippen molar-refractivity contribution in [3.63, 3.8) is 0 Å². The molecule has 2 bridgehead atoms. The Hall–Kier alpha value is -1.10. The first kappa shape index (κ1) is 15.4. The summed E-state index contributed by atoms with van der Waals surface area (Å²) in [6.07, 6.45) is 6.11. The summed E-state index contributed by atoms with van der Waals surface area (Å²) >= 11 is 0. The van der Waals surface area contributed by atoms with E-state index in [-0.39, 0.29) is 24.6 Å². The molecule has 3 fully saturated rings. The van der Waals surface area contributed by atoms with Crippen LogP contribution in [0.2, 0.25) is 0 Å². The minimum atomic E-state index is -0.0569. The van der Waals surface area contributed by atoms with Crippen molar-refractivity contribution >= 4 is 0 Å². The van der Waals surface area contributed by atoms with Crippen LogP contribution in [0.25, 0.3) is 0 Å². The van der Waals surface area contributed by atoms with Gasteiger partial charge in [-0.3, -0.25) is 0 Å². The summed E-state index contributed by atoms with van der Waals surface area (Å²) in [4.78, 5) is 0. The highest BCUT2D eigenvalue weighted by Gasteiger charge is 2.51. The lowest BCUT2D eigenvalue weighted by atomic mass is 9.87. The van der Waals surface area contributed by atoms with Crippen LogP contribution in [0.5, 0.6) is 5.75 Å². The SMILES string of the molecule is Cc1ccc(OCC2C3CCC(O3)C2OC2CCCCO2)cc1. The topological polar surface area (TPSA) is 36.9 Å². The van der Waals surface area contributed by atoms with E-state index in [0.29, 0.717) is 12.5 Å². The molecule has 3 heterocycles. The quantitative estimate of drug-likeness (QED) is 0.833. The third-order valence-electron chi connectivity index (χ3n) is 5.26. The Bertz CT molecular complexity index is 509. The molecule has 1 aromatic rings. The summed E-state index contributed by atoms with van der Waals surface area (Å²) in [5, 5.41) is 0. The van der Waals surface area contributed by atoms with E-state index in [1.165, 1.54) is 12.0 Å². The van der Waals surface area contributed by atoms with Gasteiger partial charge < -0.3 is 18.9 Å². The standard InChI is InChI=1S/C19H26O4/c1-13-5-7-14(8-6-13)21-12-15-16-9-10-17(22-16)19(15)23-18-4-2-3-11-20-18/h5-8,15-19H,2-4,9-12H2,1H3. The molecule has 23 heavy (non-hydrogen) atoms. The predicted molar refractivity (Wildman–Crippen MR) is 86.5 cm³/mol. The van der Waals surface area contributed by atoms with Crippen LogP contribution in [0.4, 0.5) is 0 Å². The van der Waals surface area contributed by atoms with Gasteiger partial charge in [0.25, 0.3) is 0 Å². The summed E-state index contributed by atoms with van der Waals surface area (Å²) in [5.74, 6) is 1.23. The fourth-order valence-corrected chi connectivity index (χ4v) is 3.94. The molecule has 3 aliphatic rings. The van der Waals surface area contributed by atoms with Crippen molar-refractivity contribution < 1.29 is 18.9 Å². The van der Waals surface area contributed by atoms with Gasteiger partial charge in [-0.1, -0.05) is 17.7 Å². The summed E-state index contributed by atoms with van der Waals surface area (Å²) in [6, 6.07) is 8.22. The predicted octanol–water partition coefficient (Wildman–Crippen LogP) is 3.46. The Labute approximate surface area is 138 Å². The molecular formula is C19H26O4. The number of ether oxygens (including phenoxy) is 4. The van der Waals surface area contributed by atoms with Crippen molar-refractivity contribution in [2.45, 2.75) is 63.6 Å². The highest BCUT2D eigenvalue weighted by molar-refractivity contribution is 5.26. The van der Waals surface area contributed by atoms with E-state index in [1.54, 1.807) is 0 Å². The van der Waals surface area contributed by atoms with E-state index in [0.717, 1.165) is 38.0 Å². The molecule has 0 radical (unpaired) electrons. The molecule has 0 amide bonds. The van der Waals surface area contributed by atoms with Crippen LogP contribution in [0.15, 0.2) is 24.3 Å². The average Bonchev–Trinajstić information content (AvgIpc) is 3.17. The second-order valence-corrected chi connectivity index (χ2v) is 6.98. The van der Waals surface area contributed by atoms with Crippen molar-refractivity contribution in [3.05, 3.63) is 29.8 Å². The number of aryl methyl sites for hydroxylation is 1. The largest absolute Gasteiger partial charge is 0.493 e. The Kier molecular flexibility index (Phi) is 4.56. The molecule has 5 unspecified atom stereocenters. The minimum absolute atomic E-state index is 0.0569. The molecule has 0 spiro atoms. The number of hydrogen-bond acceptors (Lipinski definition) is 4. The molecule has 126 valence electrons. The third kappa shape index (κ3) is 3.39. The normalized spacial score (nSPS) is 36.3. The molecule has 0 aromatic heterocycles. The van der Waals surface area contributed by atoms with E-state index < -0.39 is 0 Å². The Balaban J connectivity index is 1.37. The number of rotatable bonds is 5. The van der Waals surface area contributed by atoms with Crippen LogP contribution in [-0.2, 0) is 14.2 Å². The second kappa shape index (κ2) is 6.80. The zero-order valence-electron chi connectivity index (χ0n) is 13.8. The molecule has 0 aliphatic carbocycles. The zero-order chi connectivity index (χ0) is 15.6. The summed E-state index contributed by atoms with van der Waals surface area (Å²) in [6.45, 7) is 3.56. The molecule has 1 aromatic carbocycles. The molecule has 3 aliphatic heterocycles. The van der Waals surface area contributed by atoms with Gasteiger partial charge in [-0.25, -0.2) is 0 Å². The summed E-state index contributed by atoms with van der Waals surface area (Å²) < 4.78 is 24.1. The highest BCUT2D eigenvalue weighted by atomic mass is 16.7. The van der Waals surface area contributed by atoms with E-state index >= 15 is 0 Å². The molecule has 5 atom stereocenters. The van der Waals surface area contributed by atoms with Crippen molar-refractivity contribution in [2.75, 3.05) is 13.2 Å². The monoisotopic (exact) mass is 318 g/mol. The highest BCUT2D eigenvalue weighted by Crippen LogP contribution is 2.42. The first-order chi connectivity index (χ1) is 11.3. The maximum atomic E-state index is 6.28. The fourth-order valence-electron chi connectivity index (χ4n) is 3.94. The van der Waals surface area contributed by atoms with Gasteiger partial charge in [0.05, 0.1) is 24.9 Å². The average molecular weight is 318 g/mol. The fraction of sp³-hybridized carbons (Fsp3) is 0.684. The van der Waals surface area contributed by atoms with Gasteiger partial charge in [0.1, 0.15) is 5.75 Å². The Morgan fingerprint density at radius 1 is 1.04 bits per heavy atom. The lowest BCUT2D eigenvalue weighted by molar-refractivity contribution is -0.205. The summed E-state index contributed by atoms with van der Waals surface area (Å²) in [5.41, 5.74) is 1.25. The van der Waals surface area contributed by atoms with Crippen LogP contribution in [0.3, 0.4) is 0 Å². The smallest absolute Gasteiger partial charge is 0.158 e. The zero-order valence-corrected chi connectivity index (χ0v) is 13.8. The maximum absolute atomic E-state index is 6.28. The minimum Gasteiger partial charge on any atom is -0.493 e. The van der Waals surface area contributed by atoms with E-state index in [2.05, 4.69) is 19.1 Å². The van der Waals surface area contributed by atoms with Crippen LogP contribution >= 0.6 is 0 Å².